The molecule has 194 valence electrons. The zero-order valence-corrected chi connectivity index (χ0v) is 22.4. The van der Waals surface area contributed by atoms with Crippen molar-refractivity contribution in [3.8, 4) is 16.9 Å². The number of nitrogens with one attached hydrogen (secondary N) is 2. The minimum absolute atomic E-state index is 0. The quantitative estimate of drug-likeness (QED) is 0.359. The average molecular weight is 530 g/mol. The van der Waals surface area contributed by atoms with Gasteiger partial charge in [-0.25, -0.2) is 9.86 Å². The molecule has 0 aliphatic heterocycles. The number of hydrogen-bond donors (Lipinski definition) is 3. The first kappa shape index (κ1) is 28.2. The van der Waals surface area contributed by atoms with Gasteiger partial charge in [-0.1, -0.05) is 66.7 Å². The molecule has 0 amide bonds. The average Bonchev–Trinajstić information content (AvgIpc) is 2.88. The maximum atomic E-state index is 11.7. The third-order valence-electron chi connectivity index (χ3n) is 7.24. The molecule has 0 spiro atoms. The van der Waals surface area contributed by atoms with E-state index in [2.05, 4.69) is 71.6 Å². The van der Waals surface area contributed by atoms with Crippen LogP contribution in [-0.2, 0) is 15.6 Å². The number of methoxy groups -OCH3 is 1. The van der Waals surface area contributed by atoms with Crippen LogP contribution in [0.5, 0.6) is 5.75 Å². The summed E-state index contributed by atoms with van der Waals surface area (Å²) in [5.41, 5.74) is 4.44. The van der Waals surface area contributed by atoms with Crippen LogP contribution in [0.1, 0.15) is 49.8 Å². The van der Waals surface area contributed by atoms with Gasteiger partial charge in [-0.15, -0.1) is 12.4 Å². The summed E-state index contributed by atoms with van der Waals surface area (Å²) in [6.07, 6.45) is 3.58. The van der Waals surface area contributed by atoms with Crippen LogP contribution in [-0.4, -0.2) is 28.1 Å². The van der Waals surface area contributed by atoms with E-state index < -0.39 is 10.2 Å². The van der Waals surface area contributed by atoms with Crippen LogP contribution in [0.4, 0.5) is 0 Å². The summed E-state index contributed by atoms with van der Waals surface area (Å²) in [5, 5.41) is 9.07. The molecular formula is C28H36ClN3O3S. The maximum Gasteiger partial charge on any atom is 0.274 e. The summed E-state index contributed by atoms with van der Waals surface area (Å²) >= 11 is 0. The highest BCUT2D eigenvalue weighted by atomic mass is 35.5. The predicted octanol–water partition coefficient (Wildman–Crippen LogP) is 5.11. The van der Waals surface area contributed by atoms with Crippen LogP contribution in [0.3, 0.4) is 0 Å². The standard InChI is InChI=1S/C28H35N3O3S.ClH/c1-21(22-11-13-24(14-12-22)23-7-4-3-5-8-23)31-26-15-17-28(18-16-26,20-30-35(29,32)33)25-9-6-10-27(19-25)34-2;/h3-14,19,21,26,30-31H,15-18,20H2,1-2H3,(H2,29,32,33);1H/t21?,26-,28-;. The highest BCUT2D eigenvalue weighted by Crippen LogP contribution is 2.41. The normalized spacial score (nSPS) is 20.8. The Bertz CT molecular complexity index is 1210. The van der Waals surface area contributed by atoms with Crippen LogP contribution in [0.2, 0.25) is 0 Å². The van der Waals surface area contributed by atoms with Gasteiger partial charge in [0, 0.05) is 24.0 Å². The molecule has 1 aliphatic rings. The Balaban J connectivity index is 0.00000361. The van der Waals surface area contributed by atoms with Crippen LogP contribution >= 0.6 is 12.4 Å². The second-order valence-corrected chi connectivity index (χ2v) is 10.9. The van der Waals surface area contributed by atoms with Crippen molar-refractivity contribution < 1.29 is 13.2 Å². The number of halogens is 1. The smallest absolute Gasteiger partial charge is 0.274 e. The van der Waals surface area contributed by atoms with Crippen molar-refractivity contribution in [1.29, 1.82) is 0 Å². The van der Waals surface area contributed by atoms with E-state index in [1.807, 2.05) is 24.3 Å². The van der Waals surface area contributed by atoms with Crippen molar-refractivity contribution in [2.75, 3.05) is 13.7 Å². The van der Waals surface area contributed by atoms with Gasteiger partial charge in [0.25, 0.3) is 10.2 Å². The van der Waals surface area contributed by atoms with Gasteiger partial charge in [0.1, 0.15) is 5.75 Å². The topological polar surface area (TPSA) is 93.4 Å². The molecule has 3 aromatic carbocycles. The van der Waals surface area contributed by atoms with Gasteiger partial charge in [0.15, 0.2) is 0 Å². The summed E-state index contributed by atoms with van der Waals surface area (Å²) in [6.45, 7) is 2.48. The monoisotopic (exact) mass is 529 g/mol. The Kier molecular flexibility index (Phi) is 9.55. The number of hydrogen-bond acceptors (Lipinski definition) is 4. The minimum Gasteiger partial charge on any atom is -0.497 e. The van der Waals surface area contributed by atoms with Crippen LogP contribution in [0.25, 0.3) is 11.1 Å². The van der Waals surface area contributed by atoms with Crippen molar-refractivity contribution in [1.82, 2.24) is 10.0 Å². The molecule has 0 saturated heterocycles. The zero-order chi connectivity index (χ0) is 24.9. The lowest BCUT2D eigenvalue weighted by atomic mass is 9.68. The number of rotatable bonds is 9. The summed E-state index contributed by atoms with van der Waals surface area (Å²) < 4.78 is 31.3. The van der Waals surface area contributed by atoms with E-state index in [0.717, 1.165) is 37.0 Å². The van der Waals surface area contributed by atoms with Gasteiger partial charge in [0.05, 0.1) is 7.11 Å². The van der Waals surface area contributed by atoms with Gasteiger partial charge in [-0.2, -0.15) is 8.42 Å². The van der Waals surface area contributed by atoms with Crippen molar-refractivity contribution in [3.63, 3.8) is 0 Å². The fourth-order valence-corrected chi connectivity index (χ4v) is 5.62. The first-order valence-corrected chi connectivity index (χ1v) is 13.7. The molecule has 0 aromatic heterocycles. The van der Waals surface area contributed by atoms with E-state index in [4.69, 9.17) is 9.88 Å². The molecule has 4 N–H and O–H groups in total. The van der Waals surface area contributed by atoms with Crippen molar-refractivity contribution in [3.05, 3.63) is 90.0 Å². The molecule has 0 radical (unpaired) electrons. The first-order chi connectivity index (χ1) is 16.8. The van der Waals surface area contributed by atoms with Gasteiger partial charge in [-0.3, -0.25) is 0 Å². The van der Waals surface area contributed by atoms with Crippen LogP contribution < -0.4 is 19.9 Å². The van der Waals surface area contributed by atoms with Crippen LogP contribution in [0, 0.1) is 0 Å². The second kappa shape index (κ2) is 12.2. The van der Waals surface area contributed by atoms with E-state index in [9.17, 15) is 8.42 Å². The van der Waals surface area contributed by atoms with E-state index in [0.29, 0.717) is 6.04 Å². The Labute approximate surface area is 221 Å². The lowest BCUT2D eigenvalue weighted by Crippen LogP contribution is -2.48. The van der Waals surface area contributed by atoms with Crippen molar-refractivity contribution in [2.45, 2.75) is 50.1 Å². The molecule has 1 unspecified atom stereocenters. The predicted molar refractivity (Wildman–Crippen MR) is 149 cm³/mol. The number of nitrogens with two attached hydrogens (primary N) is 1. The lowest BCUT2D eigenvalue weighted by molar-refractivity contribution is 0.237. The Hall–Kier alpha value is -2.42. The molecule has 1 atom stereocenters. The molecule has 36 heavy (non-hydrogen) atoms. The maximum absolute atomic E-state index is 11.7. The first-order valence-electron chi connectivity index (χ1n) is 12.1. The van der Waals surface area contributed by atoms with E-state index in [1.54, 1.807) is 7.11 Å². The molecule has 1 aliphatic carbocycles. The second-order valence-electron chi connectivity index (χ2n) is 9.53. The molecular weight excluding hydrogens is 494 g/mol. The van der Waals surface area contributed by atoms with Crippen molar-refractivity contribution >= 4 is 22.6 Å². The van der Waals surface area contributed by atoms with Gasteiger partial charge in [0.2, 0.25) is 0 Å². The molecule has 1 fully saturated rings. The fourth-order valence-electron chi connectivity index (χ4n) is 5.14. The third kappa shape index (κ3) is 7.08. The molecule has 8 heteroatoms. The largest absolute Gasteiger partial charge is 0.497 e. The van der Waals surface area contributed by atoms with Gasteiger partial charge >= 0.3 is 0 Å². The molecule has 6 nitrogen and oxygen atoms in total. The lowest BCUT2D eigenvalue weighted by Gasteiger charge is -2.41. The van der Waals surface area contributed by atoms with Crippen LogP contribution in [0.15, 0.2) is 78.9 Å². The van der Waals surface area contributed by atoms with Crippen molar-refractivity contribution in [2.24, 2.45) is 5.14 Å². The molecule has 0 heterocycles. The Morgan fingerprint density at radius 2 is 1.61 bits per heavy atom. The third-order valence-corrected chi connectivity index (χ3v) is 7.79. The molecule has 1 saturated carbocycles. The number of ether oxygens (including phenoxy) is 1. The van der Waals surface area contributed by atoms with Gasteiger partial charge < -0.3 is 10.1 Å². The van der Waals surface area contributed by atoms with Gasteiger partial charge in [-0.05, 0) is 67.0 Å². The Morgan fingerprint density at radius 3 is 2.22 bits per heavy atom. The summed E-state index contributed by atoms with van der Waals surface area (Å²) in [5.74, 6) is 0.769. The highest BCUT2D eigenvalue weighted by molar-refractivity contribution is 7.87. The summed E-state index contributed by atoms with van der Waals surface area (Å²) in [7, 11) is -2.13. The Morgan fingerprint density at radius 1 is 0.972 bits per heavy atom. The summed E-state index contributed by atoms with van der Waals surface area (Å²) in [6, 6.07) is 27.6. The van der Waals surface area contributed by atoms with E-state index in [-0.39, 0.29) is 30.4 Å². The summed E-state index contributed by atoms with van der Waals surface area (Å²) in [4.78, 5) is 0. The number of benzene rings is 3. The molecule has 0 bridgehead atoms. The highest BCUT2D eigenvalue weighted by Gasteiger charge is 2.38. The molecule has 4 rings (SSSR count). The minimum atomic E-state index is -3.77. The SMILES string of the molecule is COc1cccc([C@]2(CNS(N)(=O)=O)CC[C@@H](NC(C)c3ccc(-c4ccccc4)cc3)CC2)c1.Cl. The fraction of sp³-hybridized carbons (Fsp3) is 0.357. The molecule has 3 aromatic rings. The van der Waals surface area contributed by atoms with E-state index in [1.165, 1.54) is 16.7 Å². The van der Waals surface area contributed by atoms with E-state index >= 15 is 0 Å². The zero-order valence-electron chi connectivity index (χ0n) is 20.8.